The zero-order valence-corrected chi connectivity index (χ0v) is 12.3. The smallest absolute Gasteiger partial charge is 0.122 e. The molecule has 0 aromatic heterocycles. The van der Waals surface area contributed by atoms with Gasteiger partial charge in [-0.2, -0.15) is 0 Å². The maximum Gasteiger partial charge on any atom is 0.122 e. The fraction of sp³-hybridized carbons (Fsp3) is 0.412. The normalized spacial score (nSPS) is 15.4. The zero-order valence-electron chi connectivity index (χ0n) is 12.3. The van der Waals surface area contributed by atoms with E-state index < -0.39 is 0 Å². The highest BCUT2D eigenvalue weighted by molar-refractivity contribution is 5.26. The molecule has 1 aliphatic rings. The molecule has 0 radical (unpaired) electrons. The van der Waals surface area contributed by atoms with Gasteiger partial charge in [0.1, 0.15) is 5.83 Å². The molecule has 0 saturated carbocycles. The molecule has 1 aliphatic carbocycles. The van der Waals surface area contributed by atoms with E-state index in [1.54, 1.807) is 6.08 Å². The van der Waals surface area contributed by atoms with Gasteiger partial charge in [-0.15, -0.1) is 0 Å². The zero-order chi connectivity index (χ0) is 14.1. The van der Waals surface area contributed by atoms with Crippen LogP contribution < -0.4 is 0 Å². The van der Waals surface area contributed by atoms with Gasteiger partial charge in [-0.05, 0) is 59.1 Å². The summed E-state index contributed by atoms with van der Waals surface area (Å²) in [7, 11) is 0. The second kappa shape index (κ2) is 8.68. The van der Waals surface area contributed by atoms with Crippen LogP contribution >= 0.6 is 0 Å². The van der Waals surface area contributed by atoms with E-state index in [-0.39, 0.29) is 5.83 Å². The summed E-state index contributed by atoms with van der Waals surface area (Å²) < 4.78 is 12.6. The molecule has 0 aliphatic heterocycles. The van der Waals surface area contributed by atoms with E-state index >= 15 is 0 Å². The molecule has 0 heterocycles. The summed E-state index contributed by atoms with van der Waals surface area (Å²) in [6.45, 7) is 13.6. The van der Waals surface area contributed by atoms with E-state index in [0.29, 0.717) is 0 Å². The van der Waals surface area contributed by atoms with E-state index in [0.717, 1.165) is 24.0 Å². The van der Waals surface area contributed by atoms with Crippen LogP contribution in [-0.4, -0.2) is 0 Å². The lowest BCUT2D eigenvalue weighted by molar-refractivity contribution is 0.630. The summed E-state index contributed by atoms with van der Waals surface area (Å²) in [6.07, 6.45) is 9.53. The van der Waals surface area contributed by atoms with Gasteiger partial charge in [0.05, 0.1) is 0 Å². The Hall–Kier alpha value is -1.37. The lowest BCUT2D eigenvalue weighted by Crippen LogP contribution is -1.90. The Kier molecular flexibility index (Phi) is 8.02. The molecule has 0 amide bonds. The predicted octanol–water partition coefficient (Wildman–Crippen LogP) is 6.05. The monoisotopic (exact) mass is 248 g/mol. The van der Waals surface area contributed by atoms with Crippen LogP contribution in [0.5, 0.6) is 0 Å². The summed E-state index contributed by atoms with van der Waals surface area (Å²) in [6, 6.07) is 0. The van der Waals surface area contributed by atoms with Crippen molar-refractivity contribution >= 4 is 0 Å². The van der Waals surface area contributed by atoms with Gasteiger partial charge in [0.2, 0.25) is 0 Å². The van der Waals surface area contributed by atoms with Gasteiger partial charge in [-0.3, -0.25) is 0 Å². The molecular formula is C17H25F. The molecule has 0 saturated heterocycles. The average molecular weight is 248 g/mol. The third kappa shape index (κ3) is 7.83. The molecular weight excluding hydrogens is 223 g/mol. The number of hydrogen-bond acceptors (Lipinski definition) is 0. The highest BCUT2D eigenvalue weighted by Gasteiger charge is 2.05. The first kappa shape index (κ1) is 16.6. The van der Waals surface area contributed by atoms with Gasteiger partial charge in [0, 0.05) is 0 Å². The van der Waals surface area contributed by atoms with Gasteiger partial charge < -0.3 is 0 Å². The molecule has 1 heteroatoms. The molecule has 0 nitrogen and oxygen atoms in total. The van der Waals surface area contributed by atoms with Crippen molar-refractivity contribution in [1.29, 1.82) is 0 Å². The number of halogens is 1. The van der Waals surface area contributed by atoms with Crippen molar-refractivity contribution < 1.29 is 4.39 Å². The molecule has 0 fully saturated rings. The van der Waals surface area contributed by atoms with Gasteiger partial charge in [-0.25, -0.2) is 4.39 Å². The topological polar surface area (TPSA) is 0 Å². The quantitative estimate of drug-likeness (QED) is 0.521. The minimum absolute atomic E-state index is 0.0289. The van der Waals surface area contributed by atoms with Crippen LogP contribution in [0.4, 0.5) is 4.39 Å². The minimum atomic E-state index is -0.0289. The van der Waals surface area contributed by atoms with Crippen molar-refractivity contribution in [3.05, 3.63) is 59.0 Å². The second-order valence-electron chi connectivity index (χ2n) is 4.98. The van der Waals surface area contributed by atoms with Crippen molar-refractivity contribution in [3.8, 4) is 0 Å². The third-order valence-corrected chi connectivity index (χ3v) is 2.68. The van der Waals surface area contributed by atoms with E-state index in [1.165, 1.54) is 11.1 Å². The van der Waals surface area contributed by atoms with Gasteiger partial charge in [0.15, 0.2) is 0 Å². The van der Waals surface area contributed by atoms with Crippen LogP contribution in [0.2, 0.25) is 0 Å². The molecule has 0 spiro atoms. The summed E-state index contributed by atoms with van der Waals surface area (Å²) in [5.41, 5.74) is 4.56. The first-order chi connectivity index (χ1) is 8.36. The predicted molar refractivity (Wildman–Crippen MR) is 80.2 cm³/mol. The SMILES string of the molecule is C=C/C(C)=C\C=C(C)C.CC1=CC(F)=C(C)CC1. The van der Waals surface area contributed by atoms with Crippen LogP contribution in [0.15, 0.2) is 59.0 Å². The molecule has 0 atom stereocenters. The first-order valence-electron chi connectivity index (χ1n) is 6.33. The summed E-state index contributed by atoms with van der Waals surface area (Å²) >= 11 is 0. The van der Waals surface area contributed by atoms with E-state index in [4.69, 9.17) is 0 Å². The maximum atomic E-state index is 12.6. The molecule has 100 valence electrons. The van der Waals surface area contributed by atoms with Gasteiger partial charge >= 0.3 is 0 Å². The van der Waals surface area contributed by atoms with Crippen molar-refractivity contribution in [2.45, 2.75) is 47.5 Å². The van der Waals surface area contributed by atoms with Crippen molar-refractivity contribution in [2.75, 3.05) is 0 Å². The standard InChI is InChI=1S/C9H14.C8H11F/c1-5-9(4)7-6-8(2)3;1-6-3-4-7(2)8(9)5-6/h5-7H,1H2,2-4H3;5H,3-4H2,1-2H3/b9-7-;. The Morgan fingerprint density at radius 3 is 2.17 bits per heavy atom. The van der Waals surface area contributed by atoms with Gasteiger partial charge in [-0.1, -0.05) is 41.5 Å². The third-order valence-electron chi connectivity index (χ3n) is 2.68. The highest BCUT2D eigenvalue weighted by Crippen LogP contribution is 2.23. The Morgan fingerprint density at radius 1 is 1.17 bits per heavy atom. The van der Waals surface area contributed by atoms with Crippen molar-refractivity contribution in [1.82, 2.24) is 0 Å². The van der Waals surface area contributed by atoms with Crippen LogP contribution in [0.25, 0.3) is 0 Å². The largest absolute Gasteiger partial charge is 0.207 e. The van der Waals surface area contributed by atoms with Crippen LogP contribution in [0.1, 0.15) is 47.5 Å². The van der Waals surface area contributed by atoms with E-state index in [2.05, 4.69) is 32.6 Å². The fourth-order valence-electron chi connectivity index (χ4n) is 1.28. The van der Waals surface area contributed by atoms with E-state index in [9.17, 15) is 4.39 Å². The molecule has 1 rings (SSSR count). The molecule has 0 N–H and O–H groups in total. The Bertz CT molecular complexity index is 399. The molecule has 0 aromatic rings. The fourth-order valence-corrected chi connectivity index (χ4v) is 1.28. The average Bonchev–Trinajstić information content (AvgIpc) is 2.32. The Balaban J connectivity index is 0.000000321. The summed E-state index contributed by atoms with van der Waals surface area (Å²) in [5, 5.41) is 0. The Morgan fingerprint density at radius 2 is 1.78 bits per heavy atom. The molecule has 0 bridgehead atoms. The summed E-state index contributed by atoms with van der Waals surface area (Å²) in [4.78, 5) is 0. The number of allylic oxidation sites excluding steroid dienone is 9. The lowest BCUT2D eigenvalue weighted by atomic mass is 10.0. The number of rotatable bonds is 2. The lowest BCUT2D eigenvalue weighted by Gasteiger charge is -2.08. The van der Waals surface area contributed by atoms with Crippen molar-refractivity contribution in [2.24, 2.45) is 0 Å². The van der Waals surface area contributed by atoms with Crippen LogP contribution in [0.3, 0.4) is 0 Å². The van der Waals surface area contributed by atoms with Crippen molar-refractivity contribution in [3.63, 3.8) is 0 Å². The van der Waals surface area contributed by atoms with Crippen LogP contribution in [-0.2, 0) is 0 Å². The Labute approximate surface area is 111 Å². The minimum Gasteiger partial charge on any atom is -0.207 e. The maximum absolute atomic E-state index is 12.6. The molecule has 18 heavy (non-hydrogen) atoms. The number of hydrogen-bond donors (Lipinski definition) is 0. The summed E-state index contributed by atoms with van der Waals surface area (Å²) in [5.74, 6) is -0.0289. The highest BCUT2D eigenvalue weighted by atomic mass is 19.1. The molecule has 0 unspecified atom stereocenters. The van der Waals surface area contributed by atoms with Crippen LogP contribution in [0, 0.1) is 0 Å². The molecule has 0 aromatic carbocycles. The van der Waals surface area contributed by atoms with Gasteiger partial charge in [0.25, 0.3) is 0 Å². The second-order valence-corrected chi connectivity index (χ2v) is 4.98. The first-order valence-corrected chi connectivity index (χ1v) is 6.33. The van der Waals surface area contributed by atoms with E-state index in [1.807, 2.05) is 26.8 Å².